The molecule has 25 heavy (non-hydrogen) atoms. The summed E-state index contributed by atoms with van der Waals surface area (Å²) >= 11 is 5.56. The van der Waals surface area contributed by atoms with E-state index in [1.165, 1.54) is 6.07 Å². The van der Waals surface area contributed by atoms with Crippen molar-refractivity contribution in [2.45, 2.75) is 26.6 Å². The fourth-order valence-electron chi connectivity index (χ4n) is 2.32. The van der Waals surface area contributed by atoms with Crippen LogP contribution in [0.15, 0.2) is 22.7 Å². The first-order chi connectivity index (χ1) is 11.6. The average Bonchev–Trinajstić information content (AvgIpc) is 2.79. The highest BCUT2D eigenvalue weighted by molar-refractivity contribution is 6.31. The van der Waals surface area contributed by atoms with Crippen molar-refractivity contribution >= 4 is 23.2 Å². The molecular formula is C16H17ClF3N3O2. The predicted molar refractivity (Wildman–Crippen MR) is 87.4 cm³/mol. The van der Waals surface area contributed by atoms with Crippen molar-refractivity contribution in [2.24, 2.45) is 0 Å². The lowest BCUT2D eigenvalue weighted by molar-refractivity contribution is -0.137. The van der Waals surface area contributed by atoms with Gasteiger partial charge in [0.2, 0.25) is 5.91 Å². The molecule has 136 valence electrons. The van der Waals surface area contributed by atoms with Crippen LogP contribution in [0.1, 0.15) is 22.6 Å². The number of nitrogens with zero attached hydrogens (tertiary/aromatic N) is 2. The zero-order valence-electron chi connectivity index (χ0n) is 13.9. The molecule has 0 radical (unpaired) electrons. The molecule has 0 unspecified atom stereocenters. The topological polar surface area (TPSA) is 58.4 Å². The van der Waals surface area contributed by atoms with Gasteiger partial charge >= 0.3 is 6.18 Å². The second-order valence-electron chi connectivity index (χ2n) is 5.72. The van der Waals surface area contributed by atoms with Crippen LogP contribution in [0, 0.1) is 13.8 Å². The summed E-state index contributed by atoms with van der Waals surface area (Å²) in [5.74, 6) is 0.224. The molecule has 0 aliphatic heterocycles. The lowest BCUT2D eigenvalue weighted by atomic mass is 10.2. The van der Waals surface area contributed by atoms with Crippen LogP contribution in [-0.2, 0) is 17.5 Å². The first-order valence-corrected chi connectivity index (χ1v) is 7.72. The molecule has 2 aromatic rings. The van der Waals surface area contributed by atoms with Crippen molar-refractivity contribution in [3.8, 4) is 0 Å². The molecule has 1 N–H and O–H groups in total. The first-order valence-electron chi connectivity index (χ1n) is 7.35. The third kappa shape index (κ3) is 4.96. The van der Waals surface area contributed by atoms with E-state index in [0.717, 1.165) is 23.4 Å². The Kier molecular flexibility index (Phi) is 5.74. The van der Waals surface area contributed by atoms with Gasteiger partial charge in [-0.05, 0) is 39.1 Å². The third-order valence-electron chi connectivity index (χ3n) is 3.58. The second kappa shape index (κ2) is 7.45. The van der Waals surface area contributed by atoms with Crippen LogP contribution in [-0.4, -0.2) is 29.6 Å². The van der Waals surface area contributed by atoms with E-state index in [4.69, 9.17) is 16.1 Å². The maximum Gasteiger partial charge on any atom is 0.417 e. The van der Waals surface area contributed by atoms with Crippen LogP contribution >= 0.6 is 11.6 Å². The average molecular weight is 376 g/mol. The van der Waals surface area contributed by atoms with Crippen molar-refractivity contribution in [3.05, 3.63) is 45.8 Å². The van der Waals surface area contributed by atoms with Crippen molar-refractivity contribution in [2.75, 3.05) is 18.9 Å². The van der Waals surface area contributed by atoms with Gasteiger partial charge in [-0.3, -0.25) is 9.69 Å². The number of hydrogen-bond acceptors (Lipinski definition) is 4. The normalized spacial score (nSPS) is 11.8. The van der Waals surface area contributed by atoms with Gasteiger partial charge in [-0.1, -0.05) is 16.8 Å². The Morgan fingerprint density at radius 2 is 2.04 bits per heavy atom. The molecule has 9 heteroatoms. The number of nitrogens with one attached hydrogen (secondary N) is 1. The molecule has 1 aromatic heterocycles. The standard InChI is InChI=1S/C16H17ClF3N3O2/c1-9-12(10(2)25-22-9)7-23(3)8-15(24)21-11-4-5-14(17)13(6-11)16(18,19)20/h4-6H,7-8H2,1-3H3,(H,21,24). The van der Waals surface area contributed by atoms with Crippen LogP contribution in [0.2, 0.25) is 5.02 Å². The number of likely N-dealkylation sites (N-methyl/N-ethyl adjacent to an activating group) is 1. The molecule has 5 nitrogen and oxygen atoms in total. The SMILES string of the molecule is Cc1noc(C)c1CN(C)CC(=O)Nc1ccc(Cl)c(C(F)(F)F)c1. The minimum absolute atomic E-state index is 0.00592. The number of aromatic nitrogens is 1. The lowest BCUT2D eigenvalue weighted by Gasteiger charge is -2.17. The number of aryl methyl sites for hydroxylation is 2. The van der Waals surface area contributed by atoms with Gasteiger partial charge in [-0.2, -0.15) is 13.2 Å². The number of halogens is 4. The minimum Gasteiger partial charge on any atom is -0.361 e. The van der Waals surface area contributed by atoms with Gasteiger partial charge in [0.15, 0.2) is 0 Å². The van der Waals surface area contributed by atoms with Crippen molar-refractivity contribution < 1.29 is 22.5 Å². The van der Waals surface area contributed by atoms with E-state index in [9.17, 15) is 18.0 Å². The summed E-state index contributed by atoms with van der Waals surface area (Å²) in [5.41, 5.74) is 0.655. The van der Waals surface area contributed by atoms with Crippen molar-refractivity contribution in [1.29, 1.82) is 0 Å². The minimum atomic E-state index is -4.59. The molecule has 1 amide bonds. The Morgan fingerprint density at radius 3 is 2.60 bits per heavy atom. The first kappa shape index (κ1) is 19.3. The van der Waals surface area contributed by atoms with E-state index in [-0.39, 0.29) is 12.2 Å². The van der Waals surface area contributed by atoms with Crippen LogP contribution in [0.25, 0.3) is 0 Å². The second-order valence-corrected chi connectivity index (χ2v) is 6.12. The molecule has 0 aliphatic rings. The Morgan fingerprint density at radius 1 is 1.36 bits per heavy atom. The molecule has 0 fully saturated rings. The van der Waals surface area contributed by atoms with E-state index in [1.54, 1.807) is 25.8 Å². The van der Waals surface area contributed by atoms with Gasteiger partial charge in [-0.25, -0.2) is 0 Å². The van der Waals surface area contributed by atoms with E-state index < -0.39 is 22.7 Å². The Hall–Kier alpha value is -2.06. The van der Waals surface area contributed by atoms with Crippen molar-refractivity contribution in [1.82, 2.24) is 10.1 Å². The Bertz CT molecular complexity index is 755. The summed E-state index contributed by atoms with van der Waals surface area (Å²) in [6.07, 6.45) is -4.59. The molecule has 2 rings (SSSR count). The lowest BCUT2D eigenvalue weighted by Crippen LogP contribution is -2.30. The predicted octanol–water partition coefficient (Wildman–Crippen LogP) is 4.03. The van der Waals surface area contributed by atoms with Crippen molar-refractivity contribution in [3.63, 3.8) is 0 Å². The smallest absolute Gasteiger partial charge is 0.361 e. The monoisotopic (exact) mass is 375 g/mol. The fraction of sp³-hybridized carbons (Fsp3) is 0.375. The Balaban J connectivity index is 2.00. The largest absolute Gasteiger partial charge is 0.417 e. The van der Waals surface area contributed by atoms with Gasteiger partial charge in [0.1, 0.15) is 5.76 Å². The number of anilines is 1. The molecule has 0 saturated heterocycles. The molecule has 0 spiro atoms. The van der Waals surface area contributed by atoms with E-state index >= 15 is 0 Å². The van der Waals surface area contributed by atoms with Gasteiger partial charge in [0.05, 0.1) is 22.8 Å². The van der Waals surface area contributed by atoms with Crippen LogP contribution in [0.5, 0.6) is 0 Å². The zero-order chi connectivity index (χ0) is 18.8. The summed E-state index contributed by atoms with van der Waals surface area (Å²) in [5, 5.41) is 5.86. The number of rotatable bonds is 5. The molecule has 0 aliphatic carbocycles. The van der Waals surface area contributed by atoms with Gasteiger partial charge in [0, 0.05) is 17.8 Å². The molecule has 0 atom stereocenters. The highest BCUT2D eigenvalue weighted by atomic mass is 35.5. The summed E-state index contributed by atoms with van der Waals surface area (Å²) in [6, 6.07) is 3.24. The summed E-state index contributed by atoms with van der Waals surface area (Å²) in [7, 11) is 1.72. The summed E-state index contributed by atoms with van der Waals surface area (Å²) < 4.78 is 43.6. The fourth-order valence-corrected chi connectivity index (χ4v) is 2.54. The number of carbonyl (C=O) groups is 1. The zero-order valence-corrected chi connectivity index (χ0v) is 14.6. The van der Waals surface area contributed by atoms with Gasteiger partial charge < -0.3 is 9.84 Å². The number of hydrogen-bond donors (Lipinski definition) is 1. The summed E-state index contributed by atoms with van der Waals surface area (Å²) in [4.78, 5) is 13.8. The number of alkyl halides is 3. The maximum absolute atomic E-state index is 12.8. The van der Waals surface area contributed by atoms with E-state index in [2.05, 4.69) is 10.5 Å². The number of benzene rings is 1. The van der Waals surface area contributed by atoms with Crippen LogP contribution in [0.3, 0.4) is 0 Å². The molecule has 1 aromatic carbocycles. The van der Waals surface area contributed by atoms with Gasteiger partial charge in [0.25, 0.3) is 0 Å². The highest BCUT2D eigenvalue weighted by Crippen LogP contribution is 2.36. The molecule has 1 heterocycles. The van der Waals surface area contributed by atoms with E-state index in [0.29, 0.717) is 12.3 Å². The van der Waals surface area contributed by atoms with E-state index in [1.807, 2.05) is 0 Å². The maximum atomic E-state index is 12.8. The van der Waals surface area contributed by atoms with Crippen LogP contribution in [0.4, 0.5) is 18.9 Å². The van der Waals surface area contributed by atoms with Crippen LogP contribution < -0.4 is 5.32 Å². The quantitative estimate of drug-likeness (QED) is 0.857. The Labute approximate surface area is 147 Å². The molecular weight excluding hydrogens is 359 g/mol. The highest BCUT2D eigenvalue weighted by Gasteiger charge is 2.33. The summed E-state index contributed by atoms with van der Waals surface area (Å²) in [6.45, 7) is 4.00. The van der Waals surface area contributed by atoms with Gasteiger partial charge in [-0.15, -0.1) is 0 Å². The molecule has 0 saturated carbocycles. The third-order valence-corrected chi connectivity index (χ3v) is 3.91. The molecule has 0 bridgehead atoms. The number of amides is 1. The number of carbonyl (C=O) groups excluding carboxylic acids is 1.